The van der Waals surface area contributed by atoms with Gasteiger partial charge in [0.05, 0.1) is 17.2 Å². The molecule has 6 heteroatoms. The second kappa shape index (κ2) is 3.65. The predicted molar refractivity (Wildman–Crippen MR) is 58.1 cm³/mol. The molecule has 6 nitrogen and oxygen atoms in total. The van der Waals surface area contributed by atoms with Gasteiger partial charge in [0.25, 0.3) is 11.1 Å². The van der Waals surface area contributed by atoms with Crippen molar-refractivity contribution in [3.05, 3.63) is 44.5 Å². The summed E-state index contributed by atoms with van der Waals surface area (Å²) in [6.07, 6.45) is -0.0656. The molecule has 2 aromatic rings. The van der Waals surface area contributed by atoms with Crippen LogP contribution in [0.2, 0.25) is 0 Å². The minimum atomic E-state index is -0.549. The summed E-state index contributed by atoms with van der Waals surface area (Å²) in [5.41, 5.74) is 4.68. The lowest BCUT2D eigenvalue weighted by molar-refractivity contribution is -0.117. The minimum Gasteiger partial charge on any atom is -0.369 e. The normalized spacial score (nSPS) is 10.5. The molecule has 4 N–H and O–H groups in total. The van der Waals surface area contributed by atoms with Crippen molar-refractivity contribution in [2.24, 2.45) is 5.73 Å². The van der Waals surface area contributed by atoms with Gasteiger partial charge < -0.3 is 5.73 Å². The van der Waals surface area contributed by atoms with E-state index in [2.05, 4.69) is 10.2 Å². The Morgan fingerprint density at radius 2 is 1.88 bits per heavy atom. The summed E-state index contributed by atoms with van der Waals surface area (Å²) in [7, 11) is 0. The molecule has 0 aliphatic heterocycles. The van der Waals surface area contributed by atoms with Crippen LogP contribution in [-0.4, -0.2) is 16.1 Å². The molecule has 82 valence electrons. The van der Waals surface area contributed by atoms with Gasteiger partial charge in [0.15, 0.2) is 0 Å². The molecular weight excluding hydrogens is 210 g/mol. The van der Waals surface area contributed by atoms with Gasteiger partial charge in [-0.3, -0.25) is 24.6 Å². The smallest absolute Gasteiger partial charge is 0.270 e. The monoisotopic (exact) mass is 219 g/mol. The molecule has 0 atom stereocenters. The predicted octanol–water partition coefficient (Wildman–Crippen LogP) is -0.756. The number of aromatic amines is 2. The number of H-pyrrole nitrogens is 2. The zero-order chi connectivity index (χ0) is 11.7. The van der Waals surface area contributed by atoms with Crippen LogP contribution in [0.25, 0.3) is 10.8 Å². The Bertz CT molecular complexity index is 669. The molecule has 0 unspecified atom stereocenters. The molecular formula is C10H9N3O3. The molecule has 0 bridgehead atoms. The average molecular weight is 219 g/mol. The van der Waals surface area contributed by atoms with Gasteiger partial charge >= 0.3 is 0 Å². The molecule has 0 aliphatic carbocycles. The van der Waals surface area contributed by atoms with Crippen molar-refractivity contribution < 1.29 is 4.79 Å². The van der Waals surface area contributed by atoms with Crippen molar-refractivity contribution in [3.63, 3.8) is 0 Å². The molecule has 0 saturated carbocycles. The van der Waals surface area contributed by atoms with Crippen molar-refractivity contribution in [1.82, 2.24) is 10.2 Å². The molecule has 0 saturated heterocycles. The number of primary amides is 1. The first kappa shape index (κ1) is 10.2. The number of carbonyl (C=O) groups excluding carboxylic acids is 1. The third-order valence-electron chi connectivity index (χ3n) is 2.28. The lowest BCUT2D eigenvalue weighted by Gasteiger charge is -2.02. The lowest BCUT2D eigenvalue weighted by atomic mass is 10.0. The standard InChI is InChI=1S/C10H9N3O3/c11-7(14)4-5-2-1-3-6-8(5)10(16)13-12-9(6)15/h1-3H,4H2,(H2,11,14)(H,12,15)(H,13,16). The maximum Gasteiger partial charge on any atom is 0.270 e. The van der Waals surface area contributed by atoms with E-state index < -0.39 is 17.0 Å². The fourth-order valence-corrected chi connectivity index (χ4v) is 1.64. The number of hydrogen-bond acceptors (Lipinski definition) is 3. The van der Waals surface area contributed by atoms with Gasteiger partial charge in [-0.1, -0.05) is 12.1 Å². The van der Waals surface area contributed by atoms with Crippen molar-refractivity contribution in [3.8, 4) is 0 Å². The molecule has 1 amide bonds. The van der Waals surface area contributed by atoms with Crippen molar-refractivity contribution in [2.45, 2.75) is 6.42 Å². The fraction of sp³-hybridized carbons (Fsp3) is 0.100. The lowest BCUT2D eigenvalue weighted by Crippen LogP contribution is -2.22. The molecule has 1 heterocycles. The van der Waals surface area contributed by atoms with Crippen molar-refractivity contribution in [2.75, 3.05) is 0 Å². The van der Waals surface area contributed by atoms with E-state index in [-0.39, 0.29) is 17.2 Å². The number of hydrogen-bond donors (Lipinski definition) is 3. The van der Waals surface area contributed by atoms with Crippen molar-refractivity contribution in [1.29, 1.82) is 0 Å². The van der Waals surface area contributed by atoms with Crippen LogP contribution in [-0.2, 0) is 11.2 Å². The second-order valence-electron chi connectivity index (χ2n) is 3.39. The summed E-state index contributed by atoms with van der Waals surface area (Å²) in [5, 5.41) is 4.89. The Morgan fingerprint density at radius 3 is 2.56 bits per heavy atom. The first-order valence-corrected chi connectivity index (χ1v) is 4.60. The zero-order valence-corrected chi connectivity index (χ0v) is 8.24. The first-order valence-electron chi connectivity index (χ1n) is 4.60. The van der Waals surface area contributed by atoms with E-state index in [0.29, 0.717) is 5.56 Å². The highest BCUT2D eigenvalue weighted by Crippen LogP contribution is 2.11. The summed E-state index contributed by atoms with van der Waals surface area (Å²) in [6.45, 7) is 0. The molecule has 0 radical (unpaired) electrons. The maximum absolute atomic E-state index is 11.6. The van der Waals surface area contributed by atoms with E-state index in [9.17, 15) is 14.4 Å². The van der Waals surface area contributed by atoms with E-state index in [1.807, 2.05) is 0 Å². The van der Waals surface area contributed by atoms with Crippen LogP contribution in [0, 0.1) is 0 Å². The van der Waals surface area contributed by atoms with E-state index in [4.69, 9.17) is 5.73 Å². The van der Waals surface area contributed by atoms with Crippen LogP contribution < -0.4 is 16.9 Å². The molecule has 16 heavy (non-hydrogen) atoms. The third kappa shape index (κ3) is 1.60. The number of nitrogens with one attached hydrogen (secondary N) is 2. The minimum absolute atomic E-state index is 0.0656. The Balaban J connectivity index is 2.86. The largest absolute Gasteiger partial charge is 0.369 e. The molecule has 1 aromatic heterocycles. The maximum atomic E-state index is 11.6. The summed E-state index contributed by atoms with van der Waals surface area (Å²) < 4.78 is 0. The summed E-state index contributed by atoms with van der Waals surface area (Å²) in [5.74, 6) is -0.549. The van der Waals surface area contributed by atoms with Crippen molar-refractivity contribution >= 4 is 16.7 Å². The van der Waals surface area contributed by atoms with Gasteiger partial charge in [0.2, 0.25) is 5.91 Å². The number of rotatable bonds is 2. The van der Waals surface area contributed by atoms with Gasteiger partial charge in [-0.25, -0.2) is 0 Å². The number of amides is 1. The van der Waals surface area contributed by atoms with E-state index >= 15 is 0 Å². The summed E-state index contributed by atoms with van der Waals surface area (Å²) in [6, 6.07) is 4.73. The molecule has 1 aromatic carbocycles. The summed E-state index contributed by atoms with van der Waals surface area (Å²) >= 11 is 0. The van der Waals surface area contributed by atoms with Gasteiger partial charge in [0.1, 0.15) is 0 Å². The summed E-state index contributed by atoms with van der Waals surface area (Å²) in [4.78, 5) is 33.8. The number of carbonyl (C=O) groups is 1. The number of benzene rings is 1. The number of fused-ring (bicyclic) bond motifs is 1. The van der Waals surface area contributed by atoms with E-state index in [0.717, 1.165) is 0 Å². The third-order valence-corrected chi connectivity index (χ3v) is 2.28. The highest BCUT2D eigenvalue weighted by atomic mass is 16.1. The SMILES string of the molecule is NC(=O)Cc1cccc2c(=O)[nH][nH]c(=O)c12. The fourth-order valence-electron chi connectivity index (χ4n) is 1.64. The average Bonchev–Trinajstić information content (AvgIpc) is 2.23. The highest BCUT2D eigenvalue weighted by Gasteiger charge is 2.09. The van der Waals surface area contributed by atoms with E-state index in [1.54, 1.807) is 12.1 Å². The number of aromatic nitrogens is 2. The van der Waals surface area contributed by atoms with Crippen LogP contribution in [0.15, 0.2) is 27.8 Å². The van der Waals surface area contributed by atoms with Crippen LogP contribution in [0.1, 0.15) is 5.56 Å². The van der Waals surface area contributed by atoms with Crippen LogP contribution in [0.5, 0.6) is 0 Å². The van der Waals surface area contributed by atoms with E-state index in [1.165, 1.54) is 6.07 Å². The second-order valence-corrected chi connectivity index (χ2v) is 3.39. The van der Waals surface area contributed by atoms with Crippen LogP contribution in [0.4, 0.5) is 0 Å². The molecule has 0 spiro atoms. The van der Waals surface area contributed by atoms with Crippen LogP contribution >= 0.6 is 0 Å². The van der Waals surface area contributed by atoms with Gasteiger partial charge in [-0.05, 0) is 11.6 Å². The molecule has 0 fully saturated rings. The quantitative estimate of drug-likeness (QED) is 0.617. The topological polar surface area (TPSA) is 109 Å². The van der Waals surface area contributed by atoms with Gasteiger partial charge in [0, 0.05) is 0 Å². The Kier molecular flexibility index (Phi) is 2.32. The molecule has 0 aliphatic rings. The highest BCUT2D eigenvalue weighted by molar-refractivity contribution is 5.88. The Labute approximate surface area is 89.1 Å². The van der Waals surface area contributed by atoms with Gasteiger partial charge in [-0.2, -0.15) is 0 Å². The number of nitrogens with two attached hydrogens (primary N) is 1. The first-order chi connectivity index (χ1) is 7.59. The van der Waals surface area contributed by atoms with Gasteiger partial charge in [-0.15, -0.1) is 0 Å². The Morgan fingerprint density at radius 1 is 1.19 bits per heavy atom. The zero-order valence-electron chi connectivity index (χ0n) is 8.24. The molecule has 2 rings (SSSR count). The Hall–Kier alpha value is -2.37. The van der Waals surface area contributed by atoms with Crippen LogP contribution in [0.3, 0.4) is 0 Å².